The molecule has 0 aromatic heterocycles. The van der Waals surface area contributed by atoms with E-state index in [0.29, 0.717) is 11.6 Å². The summed E-state index contributed by atoms with van der Waals surface area (Å²) in [6.07, 6.45) is -0.0384. The number of hydrogen-bond donors (Lipinski definition) is 1. The zero-order valence-corrected chi connectivity index (χ0v) is 12.1. The first-order chi connectivity index (χ1) is 8.74. The molecule has 0 saturated heterocycles. The Balaban J connectivity index is 2.69. The second kappa shape index (κ2) is 6.06. The first-order valence-electron chi connectivity index (χ1n) is 5.95. The predicted molar refractivity (Wildman–Crippen MR) is 74.0 cm³/mol. The summed E-state index contributed by atoms with van der Waals surface area (Å²) in [4.78, 5) is 24.5. The first-order valence-corrected chi connectivity index (χ1v) is 6.32. The number of carbonyl (C=O) groups excluding carboxylic acids is 1. The van der Waals surface area contributed by atoms with Gasteiger partial charge in [-0.3, -0.25) is 9.59 Å². The maximum Gasteiger partial charge on any atom is 0.309 e. The van der Waals surface area contributed by atoms with Gasteiger partial charge in [-0.05, 0) is 25.5 Å². The maximum atomic E-state index is 12.0. The van der Waals surface area contributed by atoms with E-state index in [1.807, 2.05) is 18.2 Å². The average molecular weight is 284 g/mol. The summed E-state index contributed by atoms with van der Waals surface area (Å²) in [5.74, 6) is -1.20. The number of aliphatic carboxylic acids is 1. The second-order valence-electron chi connectivity index (χ2n) is 5.21. The van der Waals surface area contributed by atoms with E-state index in [9.17, 15) is 9.59 Å². The van der Waals surface area contributed by atoms with Gasteiger partial charge in [0, 0.05) is 25.0 Å². The number of benzene rings is 1. The van der Waals surface area contributed by atoms with Crippen molar-refractivity contribution in [3.8, 4) is 0 Å². The van der Waals surface area contributed by atoms with Gasteiger partial charge >= 0.3 is 5.97 Å². The molecule has 19 heavy (non-hydrogen) atoms. The van der Waals surface area contributed by atoms with Gasteiger partial charge in [0.05, 0.1) is 5.41 Å². The number of carbonyl (C=O) groups is 2. The average Bonchev–Trinajstić information content (AvgIpc) is 2.31. The number of halogens is 1. The standard InChI is InChI=1S/C14H18ClNO3/c1-14(2,13(18)19)8-12(17)16(3)9-10-6-4-5-7-11(10)15/h4-7H,8-9H2,1-3H3,(H,18,19). The summed E-state index contributed by atoms with van der Waals surface area (Å²) in [6.45, 7) is 3.45. The van der Waals surface area contributed by atoms with E-state index >= 15 is 0 Å². The van der Waals surface area contributed by atoms with Crippen LogP contribution in [0, 0.1) is 5.41 Å². The molecule has 0 fully saturated rings. The summed E-state index contributed by atoms with van der Waals surface area (Å²) >= 11 is 6.02. The normalized spacial score (nSPS) is 11.2. The highest BCUT2D eigenvalue weighted by atomic mass is 35.5. The van der Waals surface area contributed by atoms with Crippen LogP contribution in [0.15, 0.2) is 24.3 Å². The van der Waals surface area contributed by atoms with Crippen LogP contribution >= 0.6 is 11.6 Å². The van der Waals surface area contributed by atoms with Gasteiger partial charge in [0.1, 0.15) is 0 Å². The van der Waals surface area contributed by atoms with Gasteiger partial charge in [0.15, 0.2) is 0 Å². The van der Waals surface area contributed by atoms with Crippen LogP contribution in [-0.2, 0) is 16.1 Å². The van der Waals surface area contributed by atoms with Crippen molar-refractivity contribution in [3.05, 3.63) is 34.9 Å². The monoisotopic (exact) mass is 283 g/mol. The van der Waals surface area contributed by atoms with Crippen molar-refractivity contribution >= 4 is 23.5 Å². The lowest BCUT2D eigenvalue weighted by molar-refractivity contribution is -0.151. The van der Waals surface area contributed by atoms with Crippen LogP contribution in [0.2, 0.25) is 5.02 Å². The highest BCUT2D eigenvalue weighted by Gasteiger charge is 2.31. The van der Waals surface area contributed by atoms with Crippen LogP contribution in [0.25, 0.3) is 0 Å². The summed E-state index contributed by atoms with van der Waals surface area (Å²) in [7, 11) is 1.64. The van der Waals surface area contributed by atoms with Gasteiger partial charge in [-0.15, -0.1) is 0 Å². The van der Waals surface area contributed by atoms with Crippen LogP contribution in [0.4, 0.5) is 0 Å². The molecule has 0 aliphatic carbocycles. The first kappa shape index (κ1) is 15.5. The molecule has 1 aromatic carbocycles. The Kier molecular flexibility index (Phi) is 4.95. The van der Waals surface area contributed by atoms with E-state index in [2.05, 4.69) is 0 Å². The molecule has 0 aliphatic rings. The summed E-state index contributed by atoms with van der Waals surface area (Å²) in [5, 5.41) is 9.61. The van der Waals surface area contributed by atoms with Crippen LogP contribution in [0.1, 0.15) is 25.8 Å². The van der Waals surface area contributed by atoms with E-state index in [1.54, 1.807) is 13.1 Å². The van der Waals surface area contributed by atoms with Crippen LogP contribution in [-0.4, -0.2) is 28.9 Å². The molecule has 5 heteroatoms. The Hall–Kier alpha value is -1.55. The molecule has 1 rings (SSSR count). The van der Waals surface area contributed by atoms with Gasteiger partial charge < -0.3 is 10.0 Å². The fourth-order valence-electron chi connectivity index (χ4n) is 1.56. The Bertz CT molecular complexity index is 485. The second-order valence-corrected chi connectivity index (χ2v) is 5.61. The number of carboxylic acids is 1. The number of nitrogens with zero attached hydrogens (tertiary/aromatic N) is 1. The van der Waals surface area contributed by atoms with E-state index < -0.39 is 11.4 Å². The van der Waals surface area contributed by atoms with Crippen molar-refractivity contribution in [2.75, 3.05) is 7.05 Å². The molecule has 0 heterocycles. The van der Waals surface area contributed by atoms with Gasteiger partial charge in [-0.1, -0.05) is 29.8 Å². The lowest BCUT2D eigenvalue weighted by Gasteiger charge is -2.23. The molecule has 1 amide bonds. The lowest BCUT2D eigenvalue weighted by atomic mass is 9.89. The Morgan fingerprint density at radius 2 is 1.89 bits per heavy atom. The van der Waals surface area contributed by atoms with Gasteiger partial charge in [0.25, 0.3) is 0 Å². The molecule has 4 nitrogen and oxygen atoms in total. The van der Waals surface area contributed by atoms with Crippen molar-refractivity contribution < 1.29 is 14.7 Å². The predicted octanol–water partition coefficient (Wildman–Crippen LogP) is 2.80. The Labute approximate surface area is 118 Å². The Morgan fingerprint density at radius 3 is 2.42 bits per heavy atom. The van der Waals surface area contributed by atoms with Crippen molar-refractivity contribution in [1.29, 1.82) is 0 Å². The zero-order chi connectivity index (χ0) is 14.6. The third kappa shape index (κ3) is 4.24. The Morgan fingerprint density at radius 1 is 1.32 bits per heavy atom. The fourth-order valence-corrected chi connectivity index (χ4v) is 1.75. The third-order valence-corrected chi connectivity index (χ3v) is 3.33. The molecule has 0 saturated carbocycles. The molecule has 104 valence electrons. The minimum atomic E-state index is -1.06. The topological polar surface area (TPSA) is 57.6 Å². The van der Waals surface area contributed by atoms with Crippen LogP contribution < -0.4 is 0 Å². The molecule has 0 spiro atoms. The molecular weight excluding hydrogens is 266 g/mol. The van der Waals surface area contributed by atoms with E-state index in [-0.39, 0.29) is 12.3 Å². The molecule has 0 aliphatic heterocycles. The SMILES string of the molecule is CN(Cc1ccccc1Cl)C(=O)CC(C)(C)C(=O)O. The fraction of sp³-hybridized carbons (Fsp3) is 0.429. The molecule has 0 unspecified atom stereocenters. The molecule has 0 atom stereocenters. The van der Waals surface area contributed by atoms with Crippen LogP contribution in [0.5, 0.6) is 0 Å². The molecule has 1 aromatic rings. The van der Waals surface area contributed by atoms with Crippen molar-refractivity contribution in [2.45, 2.75) is 26.8 Å². The largest absolute Gasteiger partial charge is 0.481 e. The highest BCUT2D eigenvalue weighted by Crippen LogP contribution is 2.23. The van der Waals surface area contributed by atoms with E-state index in [0.717, 1.165) is 5.56 Å². The molecular formula is C14H18ClNO3. The summed E-state index contributed by atoms with van der Waals surface area (Å²) in [6, 6.07) is 7.27. The van der Waals surface area contributed by atoms with Crippen molar-refractivity contribution in [1.82, 2.24) is 4.90 Å². The quantitative estimate of drug-likeness (QED) is 0.904. The number of rotatable bonds is 5. The number of carboxylic acid groups (broad SMARTS) is 1. The van der Waals surface area contributed by atoms with E-state index in [1.165, 1.54) is 18.7 Å². The minimum Gasteiger partial charge on any atom is -0.481 e. The number of hydrogen-bond acceptors (Lipinski definition) is 2. The van der Waals surface area contributed by atoms with Gasteiger partial charge in [-0.2, -0.15) is 0 Å². The molecule has 0 radical (unpaired) electrons. The van der Waals surface area contributed by atoms with E-state index in [4.69, 9.17) is 16.7 Å². The summed E-state index contributed by atoms with van der Waals surface area (Å²) in [5.41, 5.74) is -0.223. The lowest BCUT2D eigenvalue weighted by Crippen LogP contribution is -2.34. The zero-order valence-electron chi connectivity index (χ0n) is 11.3. The summed E-state index contributed by atoms with van der Waals surface area (Å²) < 4.78 is 0. The van der Waals surface area contributed by atoms with Gasteiger partial charge in [-0.25, -0.2) is 0 Å². The maximum absolute atomic E-state index is 12.0. The van der Waals surface area contributed by atoms with Crippen molar-refractivity contribution in [2.24, 2.45) is 5.41 Å². The molecule has 0 bridgehead atoms. The van der Waals surface area contributed by atoms with Gasteiger partial charge in [0.2, 0.25) is 5.91 Å². The third-order valence-electron chi connectivity index (χ3n) is 2.96. The highest BCUT2D eigenvalue weighted by molar-refractivity contribution is 6.31. The molecule has 1 N–H and O–H groups in total. The smallest absolute Gasteiger partial charge is 0.309 e. The van der Waals surface area contributed by atoms with Crippen molar-refractivity contribution in [3.63, 3.8) is 0 Å². The van der Waals surface area contributed by atoms with Crippen LogP contribution in [0.3, 0.4) is 0 Å². The minimum absolute atomic E-state index is 0.0384. The number of amides is 1.